The number of aryl methyl sites for hydroxylation is 1. The summed E-state index contributed by atoms with van der Waals surface area (Å²) in [4.78, 5) is 12.9. The van der Waals surface area contributed by atoms with Crippen molar-refractivity contribution in [2.24, 2.45) is 5.10 Å². The van der Waals surface area contributed by atoms with Crippen molar-refractivity contribution in [2.75, 3.05) is 10.8 Å². The number of benzene rings is 3. The summed E-state index contributed by atoms with van der Waals surface area (Å²) >= 11 is 8.29. The number of hydrogen-bond donors (Lipinski definition) is 1. The van der Waals surface area contributed by atoms with Gasteiger partial charge in [0.1, 0.15) is 6.54 Å². The van der Waals surface area contributed by atoms with Crippen LogP contribution in [0.1, 0.15) is 17.0 Å². The largest absolute Gasteiger partial charge is 0.318 e. The Balaban J connectivity index is 1.54. The summed E-state index contributed by atoms with van der Waals surface area (Å²) in [7, 11) is -3.98. The van der Waals surface area contributed by atoms with Crippen LogP contribution in [-0.4, -0.2) is 31.7 Å². The summed E-state index contributed by atoms with van der Waals surface area (Å²) in [5.41, 5.74) is 6.48. The van der Waals surface area contributed by atoms with Gasteiger partial charge in [-0.1, -0.05) is 35.9 Å². The fourth-order valence-corrected chi connectivity index (χ4v) is 5.90. The van der Waals surface area contributed by atoms with E-state index in [2.05, 4.69) is 33.1 Å². The summed E-state index contributed by atoms with van der Waals surface area (Å²) in [5.74, 6) is -0.571. The van der Waals surface area contributed by atoms with Gasteiger partial charge in [-0.15, -0.1) is 0 Å². The Morgan fingerprint density at radius 1 is 1.03 bits per heavy atom. The standard InChI is InChI=1S/C27H24ClIN4O3S/c1-19-15-21(20(2)33(19)25-8-6-7-22(28)16-25)17-30-31-27(34)18-32(24-13-11-23(29)12-14-24)37(35,36)26-9-4-3-5-10-26/h3-17H,18H2,1-2H3,(H,31,34)/b30-17-. The highest BCUT2D eigenvalue weighted by atomic mass is 127. The Morgan fingerprint density at radius 2 is 1.73 bits per heavy atom. The minimum absolute atomic E-state index is 0.0957. The number of hydrogen-bond acceptors (Lipinski definition) is 4. The van der Waals surface area contributed by atoms with Crippen molar-refractivity contribution < 1.29 is 13.2 Å². The highest BCUT2D eigenvalue weighted by Gasteiger charge is 2.27. The minimum Gasteiger partial charge on any atom is -0.318 e. The Bertz CT molecular complexity index is 1550. The van der Waals surface area contributed by atoms with E-state index in [1.165, 1.54) is 12.1 Å². The molecule has 10 heteroatoms. The molecule has 4 rings (SSSR count). The molecule has 0 aliphatic heterocycles. The van der Waals surface area contributed by atoms with Gasteiger partial charge in [-0.05, 0) is 97.1 Å². The molecule has 0 spiro atoms. The zero-order valence-corrected chi connectivity index (χ0v) is 23.8. The summed E-state index contributed by atoms with van der Waals surface area (Å²) in [6, 6.07) is 24.4. The van der Waals surface area contributed by atoms with Gasteiger partial charge in [0.05, 0.1) is 16.8 Å². The number of halogens is 2. The lowest BCUT2D eigenvalue weighted by Gasteiger charge is -2.23. The fraction of sp³-hybridized carbons (Fsp3) is 0.111. The number of anilines is 1. The van der Waals surface area contributed by atoms with Crippen molar-refractivity contribution in [1.82, 2.24) is 9.99 Å². The van der Waals surface area contributed by atoms with E-state index in [4.69, 9.17) is 11.6 Å². The van der Waals surface area contributed by atoms with Crippen LogP contribution in [0.25, 0.3) is 5.69 Å². The highest BCUT2D eigenvalue weighted by molar-refractivity contribution is 14.1. The molecule has 190 valence electrons. The molecule has 1 heterocycles. The summed E-state index contributed by atoms with van der Waals surface area (Å²) in [6.07, 6.45) is 1.54. The summed E-state index contributed by atoms with van der Waals surface area (Å²) < 4.78 is 30.8. The highest BCUT2D eigenvalue weighted by Crippen LogP contribution is 2.25. The van der Waals surface area contributed by atoms with Crippen LogP contribution in [0.5, 0.6) is 0 Å². The van der Waals surface area contributed by atoms with Gasteiger partial charge in [0.15, 0.2) is 0 Å². The molecule has 1 N–H and O–H groups in total. The first-order valence-corrected chi connectivity index (χ1v) is 14.2. The molecule has 0 radical (unpaired) electrons. The van der Waals surface area contributed by atoms with Crippen molar-refractivity contribution in [3.8, 4) is 5.69 Å². The third-order valence-electron chi connectivity index (χ3n) is 5.66. The predicted octanol–water partition coefficient (Wildman–Crippen LogP) is 5.70. The molecule has 1 amide bonds. The smallest absolute Gasteiger partial charge is 0.264 e. The van der Waals surface area contributed by atoms with Crippen molar-refractivity contribution >= 4 is 62.0 Å². The third-order valence-corrected chi connectivity index (χ3v) is 8.40. The van der Waals surface area contributed by atoms with Gasteiger partial charge in [-0.2, -0.15) is 5.10 Å². The van der Waals surface area contributed by atoms with Crippen LogP contribution in [0.4, 0.5) is 5.69 Å². The lowest BCUT2D eigenvalue weighted by molar-refractivity contribution is -0.119. The second-order valence-corrected chi connectivity index (χ2v) is 11.8. The van der Waals surface area contributed by atoms with Gasteiger partial charge < -0.3 is 4.57 Å². The van der Waals surface area contributed by atoms with E-state index in [0.29, 0.717) is 10.7 Å². The zero-order chi connectivity index (χ0) is 26.6. The molecule has 0 bridgehead atoms. The van der Waals surface area contributed by atoms with Crippen LogP contribution in [0, 0.1) is 17.4 Å². The first-order chi connectivity index (χ1) is 17.7. The molecule has 4 aromatic rings. The Morgan fingerprint density at radius 3 is 2.41 bits per heavy atom. The Hall–Kier alpha value is -3.15. The quantitative estimate of drug-likeness (QED) is 0.152. The first-order valence-electron chi connectivity index (χ1n) is 11.3. The normalized spacial score (nSPS) is 11.6. The van der Waals surface area contributed by atoms with E-state index >= 15 is 0 Å². The van der Waals surface area contributed by atoms with Crippen molar-refractivity contribution in [3.63, 3.8) is 0 Å². The van der Waals surface area contributed by atoms with E-state index in [1.807, 2.05) is 48.7 Å². The topological polar surface area (TPSA) is 83.8 Å². The molecule has 0 saturated carbocycles. The number of hydrazone groups is 1. The van der Waals surface area contributed by atoms with Gasteiger partial charge in [0.25, 0.3) is 15.9 Å². The van der Waals surface area contributed by atoms with Gasteiger partial charge >= 0.3 is 0 Å². The van der Waals surface area contributed by atoms with Gasteiger partial charge in [-0.3, -0.25) is 9.10 Å². The molecule has 1 aromatic heterocycles. The molecule has 37 heavy (non-hydrogen) atoms. The summed E-state index contributed by atoms with van der Waals surface area (Å²) in [5, 5.41) is 4.73. The van der Waals surface area contributed by atoms with Crippen LogP contribution in [-0.2, 0) is 14.8 Å². The van der Waals surface area contributed by atoms with Gasteiger partial charge in [-0.25, -0.2) is 13.8 Å². The van der Waals surface area contributed by atoms with E-state index in [0.717, 1.165) is 30.5 Å². The van der Waals surface area contributed by atoms with Crippen LogP contribution >= 0.6 is 34.2 Å². The van der Waals surface area contributed by atoms with Crippen LogP contribution in [0.3, 0.4) is 0 Å². The SMILES string of the molecule is Cc1cc(/C=N\NC(=O)CN(c2ccc(I)cc2)S(=O)(=O)c2ccccc2)c(C)n1-c1cccc(Cl)c1. The number of carbonyl (C=O) groups is 1. The number of aromatic nitrogens is 1. The number of nitrogens with one attached hydrogen (secondary N) is 1. The number of carbonyl (C=O) groups excluding carboxylic acids is 1. The molecular weight excluding hydrogens is 623 g/mol. The number of amides is 1. The fourth-order valence-electron chi connectivity index (χ4n) is 3.91. The van der Waals surface area contributed by atoms with Gasteiger partial charge in [0.2, 0.25) is 0 Å². The molecule has 7 nitrogen and oxygen atoms in total. The predicted molar refractivity (Wildman–Crippen MR) is 156 cm³/mol. The average molecular weight is 647 g/mol. The maximum absolute atomic E-state index is 13.4. The molecule has 0 aliphatic carbocycles. The van der Waals surface area contributed by atoms with Crippen LogP contribution in [0.15, 0.2) is 94.9 Å². The Labute approximate surface area is 235 Å². The lowest BCUT2D eigenvalue weighted by atomic mass is 10.2. The second-order valence-electron chi connectivity index (χ2n) is 8.24. The lowest BCUT2D eigenvalue weighted by Crippen LogP contribution is -2.39. The summed E-state index contributed by atoms with van der Waals surface area (Å²) in [6.45, 7) is 3.48. The van der Waals surface area contributed by atoms with Crippen LogP contribution < -0.4 is 9.73 Å². The van der Waals surface area contributed by atoms with Crippen LogP contribution in [0.2, 0.25) is 5.02 Å². The second kappa shape index (κ2) is 11.5. The molecule has 0 aliphatic rings. The van der Waals surface area contributed by atoms with E-state index in [-0.39, 0.29) is 4.90 Å². The zero-order valence-electron chi connectivity index (χ0n) is 20.1. The molecule has 3 aromatic carbocycles. The van der Waals surface area contributed by atoms with E-state index in [9.17, 15) is 13.2 Å². The van der Waals surface area contributed by atoms with E-state index < -0.39 is 22.5 Å². The molecule has 0 atom stereocenters. The minimum atomic E-state index is -3.98. The number of sulfonamides is 1. The number of rotatable bonds is 8. The van der Waals surface area contributed by atoms with Crippen molar-refractivity contribution in [1.29, 1.82) is 0 Å². The Kier molecular flexibility index (Phi) is 8.35. The van der Waals surface area contributed by atoms with E-state index in [1.54, 1.807) is 48.7 Å². The molecular formula is C27H24ClIN4O3S. The molecule has 0 fully saturated rings. The maximum Gasteiger partial charge on any atom is 0.264 e. The third kappa shape index (κ3) is 6.23. The molecule has 0 unspecified atom stereocenters. The maximum atomic E-state index is 13.4. The van der Waals surface area contributed by atoms with Crippen molar-refractivity contribution in [2.45, 2.75) is 18.7 Å². The first kappa shape index (κ1) is 26.9. The monoisotopic (exact) mass is 646 g/mol. The van der Waals surface area contributed by atoms with Crippen molar-refractivity contribution in [3.05, 3.63) is 110 Å². The average Bonchev–Trinajstić information content (AvgIpc) is 3.16. The number of nitrogens with zero attached hydrogens (tertiary/aromatic N) is 3. The molecule has 0 saturated heterocycles. The van der Waals surface area contributed by atoms with Gasteiger partial charge in [0, 0.05) is 31.2 Å².